The van der Waals surface area contributed by atoms with Crippen molar-refractivity contribution in [2.45, 2.75) is 12.2 Å². The van der Waals surface area contributed by atoms with E-state index in [-0.39, 0.29) is 10.7 Å². The predicted octanol–water partition coefficient (Wildman–Crippen LogP) is 2.07. The maximum absolute atomic E-state index is 13.7. The van der Waals surface area contributed by atoms with Crippen molar-refractivity contribution in [3.05, 3.63) is 41.2 Å². The SMILES string of the molecule is O=C(Nc1ccc(Cl)cc1F)[C@@H]1[C@H](C(=O)O)[C@H]2C=C[C@H]1O2. The molecule has 2 aliphatic rings. The van der Waals surface area contributed by atoms with Crippen molar-refractivity contribution < 1.29 is 23.8 Å². The van der Waals surface area contributed by atoms with Crippen LogP contribution in [0, 0.1) is 17.7 Å². The minimum absolute atomic E-state index is 0.0414. The molecule has 1 aromatic rings. The summed E-state index contributed by atoms with van der Waals surface area (Å²) < 4.78 is 19.1. The molecule has 2 aliphatic heterocycles. The number of hydrogen-bond acceptors (Lipinski definition) is 3. The third-order valence-corrected chi connectivity index (χ3v) is 3.91. The predicted molar refractivity (Wildman–Crippen MR) is 72.5 cm³/mol. The average Bonchev–Trinajstić information content (AvgIpc) is 3.02. The van der Waals surface area contributed by atoms with Crippen LogP contribution in [0.15, 0.2) is 30.4 Å². The fourth-order valence-corrected chi connectivity index (χ4v) is 2.88. The largest absolute Gasteiger partial charge is 0.481 e. The van der Waals surface area contributed by atoms with Gasteiger partial charge in [-0.2, -0.15) is 0 Å². The summed E-state index contributed by atoms with van der Waals surface area (Å²) in [5, 5.41) is 11.8. The third-order valence-electron chi connectivity index (χ3n) is 3.68. The van der Waals surface area contributed by atoms with Crippen molar-refractivity contribution in [1.29, 1.82) is 0 Å². The molecule has 2 N–H and O–H groups in total. The molecule has 1 aromatic carbocycles. The standard InChI is InChI=1S/C14H11ClFNO4/c15-6-1-2-8(7(16)5-6)17-13(18)11-9-3-4-10(21-9)12(11)14(19)20/h1-5,9-12H,(H,17,18)(H,19,20)/t9-,10-,11+,12-/m1/s1. The lowest BCUT2D eigenvalue weighted by Gasteiger charge is -2.21. The molecule has 1 saturated heterocycles. The second-order valence-corrected chi connectivity index (χ2v) is 5.39. The molecule has 0 radical (unpaired) electrons. The summed E-state index contributed by atoms with van der Waals surface area (Å²) in [5.41, 5.74) is -0.0414. The van der Waals surface area contributed by atoms with Crippen molar-refractivity contribution in [2.24, 2.45) is 11.8 Å². The molecule has 7 heteroatoms. The van der Waals surface area contributed by atoms with E-state index >= 15 is 0 Å². The van der Waals surface area contributed by atoms with E-state index in [1.807, 2.05) is 0 Å². The first kappa shape index (κ1) is 14.0. The summed E-state index contributed by atoms with van der Waals surface area (Å²) in [6.45, 7) is 0. The zero-order chi connectivity index (χ0) is 15.1. The van der Waals surface area contributed by atoms with E-state index in [1.165, 1.54) is 12.1 Å². The molecule has 0 unspecified atom stereocenters. The van der Waals surface area contributed by atoms with E-state index in [0.29, 0.717) is 0 Å². The summed E-state index contributed by atoms with van der Waals surface area (Å²) in [6, 6.07) is 3.84. The number of carbonyl (C=O) groups excluding carboxylic acids is 1. The van der Waals surface area contributed by atoms with Gasteiger partial charge in [0.25, 0.3) is 0 Å². The summed E-state index contributed by atoms with van der Waals surface area (Å²) in [5.74, 6) is -4.21. The van der Waals surface area contributed by atoms with Gasteiger partial charge in [-0.25, -0.2) is 4.39 Å². The minimum atomic E-state index is -1.11. The molecule has 4 atom stereocenters. The average molecular weight is 312 g/mol. The van der Waals surface area contributed by atoms with Gasteiger partial charge in [0.1, 0.15) is 11.7 Å². The van der Waals surface area contributed by atoms with Gasteiger partial charge in [-0.3, -0.25) is 9.59 Å². The lowest BCUT2D eigenvalue weighted by Crippen LogP contribution is -2.39. The number of halogens is 2. The lowest BCUT2D eigenvalue weighted by molar-refractivity contribution is -0.145. The topological polar surface area (TPSA) is 75.6 Å². The van der Waals surface area contributed by atoms with Gasteiger partial charge in [0.2, 0.25) is 5.91 Å². The Kier molecular flexibility index (Phi) is 3.43. The van der Waals surface area contributed by atoms with Crippen LogP contribution in [0.1, 0.15) is 0 Å². The van der Waals surface area contributed by atoms with Gasteiger partial charge in [-0.15, -0.1) is 0 Å². The Labute approximate surface area is 124 Å². The highest BCUT2D eigenvalue weighted by Gasteiger charge is 2.53. The van der Waals surface area contributed by atoms with E-state index in [9.17, 15) is 19.1 Å². The number of carbonyl (C=O) groups is 2. The van der Waals surface area contributed by atoms with Gasteiger partial charge in [0.05, 0.1) is 23.8 Å². The number of anilines is 1. The van der Waals surface area contributed by atoms with E-state index < -0.39 is 41.7 Å². The van der Waals surface area contributed by atoms with Gasteiger partial charge in [0.15, 0.2) is 0 Å². The molecular formula is C14H11ClFNO4. The monoisotopic (exact) mass is 311 g/mol. The van der Waals surface area contributed by atoms with Crippen LogP contribution in [0.2, 0.25) is 5.02 Å². The second kappa shape index (κ2) is 5.13. The Morgan fingerprint density at radius 2 is 1.90 bits per heavy atom. The molecule has 1 fully saturated rings. The first-order valence-corrected chi connectivity index (χ1v) is 6.67. The first-order chi connectivity index (χ1) is 9.97. The maximum atomic E-state index is 13.7. The Morgan fingerprint density at radius 1 is 1.24 bits per heavy atom. The number of ether oxygens (including phenoxy) is 1. The van der Waals surface area contributed by atoms with Crippen LogP contribution in [0.5, 0.6) is 0 Å². The van der Waals surface area contributed by atoms with Crippen LogP contribution >= 0.6 is 11.6 Å². The molecule has 5 nitrogen and oxygen atoms in total. The van der Waals surface area contributed by atoms with Crippen LogP contribution in [0.3, 0.4) is 0 Å². The number of benzene rings is 1. The number of nitrogens with one attached hydrogen (secondary N) is 1. The smallest absolute Gasteiger partial charge is 0.310 e. The Morgan fingerprint density at radius 3 is 2.52 bits per heavy atom. The number of amides is 1. The number of carboxylic acid groups (broad SMARTS) is 1. The summed E-state index contributed by atoms with van der Waals surface area (Å²) in [4.78, 5) is 23.6. The van der Waals surface area contributed by atoms with Gasteiger partial charge < -0.3 is 15.2 Å². The normalized spacial score (nSPS) is 29.6. The molecule has 0 aromatic heterocycles. The van der Waals surface area contributed by atoms with Crippen LogP contribution in [0.25, 0.3) is 0 Å². The number of aliphatic carboxylic acids is 1. The van der Waals surface area contributed by atoms with Gasteiger partial charge in [-0.05, 0) is 18.2 Å². The maximum Gasteiger partial charge on any atom is 0.310 e. The highest BCUT2D eigenvalue weighted by molar-refractivity contribution is 6.30. The zero-order valence-electron chi connectivity index (χ0n) is 10.6. The fourth-order valence-electron chi connectivity index (χ4n) is 2.72. The number of fused-ring (bicyclic) bond motifs is 2. The van der Waals surface area contributed by atoms with Gasteiger partial charge >= 0.3 is 5.97 Å². The number of carboxylic acids is 1. The number of rotatable bonds is 3. The molecule has 2 heterocycles. The molecule has 0 saturated carbocycles. The quantitative estimate of drug-likeness (QED) is 0.838. The second-order valence-electron chi connectivity index (χ2n) is 4.95. The van der Waals surface area contributed by atoms with Crippen molar-refractivity contribution in [1.82, 2.24) is 0 Å². The van der Waals surface area contributed by atoms with Crippen LogP contribution in [0.4, 0.5) is 10.1 Å². The number of hydrogen-bond donors (Lipinski definition) is 2. The molecular weight excluding hydrogens is 301 g/mol. The van der Waals surface area contributed by atoms with Crippen LogP contribution in [-0.4, -0.2) is 29.2 Å². The van der Waals surface area contributed by atoms with E-state index in [0.717, 1.165) is 6.07 Å². The Hall–Kier alpha value is -1.92. The highest BCUT2D eigenvalue weighted by Crippen LogP contribution is 2.40. The Bertz CT molecular complexity index is 648. The molecule has 3 rings (SSSR count). The van der Waals surface area contributed by atoms with Crippen molar-refractivity contribution in [2.75, 3.05) is 5.32 Å². The van der Waals surface area contributed by atoms with E-state index in [1.54, 1.807) is 12.2 Å². The molecule has 110 valence electrons. The first-order valence-electron chi connectivity index (χ1n) is 6.30. The Balaban J connectivity index is 1.82. The van der Waals surface area contributed by atoms with Crippen molar-refractivity contribution >= 4 is 29.2 Å². The van der Waals surface area contributed by atoms with Crippen molar-refractivity contribution in [3.63, 3.8) is 0 Å². The molecule has 0 aliphatic carbocycles. The summed E-state index contributed by atoms with van der Waals surface area (Å²) in [7, 11) is 0. The van der Waals surface area contributed by atoms with Crippen molar-refractivity contribution in [3.8, 4) is 0 Å². The third kappa shape index (κ3) is 2.41. The summed E-state index contributed by atoms with van der Waals surface area (Å²) >= 11 is 5.64. The molecule has 1 amide bonds. The zero-order valence-corrected chi connectivity index (χ0v) is 11.4. The highest BCUT2D eigenvalue weighted by atomic mass is 35.5. The molecule has 2 bridgehead atoms. The van der Waals surface area contributed by atoms with Gasteiger partial charge in [0, 0.05) is 5.02 Å². The van der Waals surface area contributed by atoms with E-state index in [2.05, 4.69) is 5.32 Å². The lowest BCUT2D eigenvalue weighted by atomic mass is 9.82. The minimum Gasteiger partial charge on any atom is -0.481 e. The van der Waals surface area contributed by atoms with Gasteiger partial charge in [-0.1, -0.05) is 23.8 Å². The van der Waals surface area contributed by atoms with Crippen LogP contribution < -0.4 is 5.32 Å². The fraction of sp³-hybridized carbons (Fsp3) is 0.286. The molecule has 21 heavy (non-hydrogen) atoms. The van der Waals surface area contributed by atoms with E-state index in [4.69, 9.17) is 16.3 Å². The van der Waals surface area contributed by atoms with Crippen LogP contribution in [-0.2, 0) is 14.3 Å². The molecule has 0 spiro atoms. The summed E-state index contributed by atoms with van der Waals surface area (Å²) in [6.07, 6.45) is 2.09.